The van der Waals surface area contributed by atoms with Crippen LogP contribution in [0.2, 0.25) is 0 Å². The Kier molecular flexibility index (Phi) is 6.08. The van der Waals surface area contributed by atoms with Crippen LogP contribution in [-0.4, -0.2) is 31.7 Å². The molecule has 34 heavy (non-hydrogen) atoms. The lowest BCUT2D eigenvalue weighted by Crippen LogP contribution is -2.29. The molecule has 2 amide bonds. The van der Waals surface area contributed by atoms with E-state index in [1.807, 2.05) is 49.4 Å². The van der Waals surface area contributed by atoms with Gasteiger partial charge in [-0.15, -0.1) is 0 Å². The maximum atomic E-state index is 13.4. The molecule has 1 unspecified atom stereocenters. The van der Waals surface area contributed by atoms with E-state index in [-0.39, 0.29) is 24.6 Å². The predicted molar refractivity (Wildman–Crippen MR) is 131 cm³/mol. The van der Waals surface area contributed by atoms with Crippen LogP contribution in [0.5, 0.6) is 11.5 Å². The number of ether oxygens (including phenoxy) is 2. The number of nitrogens with one attached hydrogen (secondary N) is 2. The van der Waals surface area contributed by atoms with E-state index in [9.17, 15) is 9.59 Å². The number of rotatable bonds is 6. The van der Waals surface area contributed by atoms with Crippen molar-refractivity contribution in [2.45, 2.75) is 25.8 Å². The summed E-state index contributed by atoms with van der Waals surface area (Å²) in [6.07, 6.45) is 2.20. The number of carbonyl (C=O) groups is 2. The second-order valence-corrected chi connectivity index (χ2v) is 8.55. The first kappa shape index (κ1) is 21.8. The smallest absolute Gasteiger partial charge is 0.255 e. The van der Waals surface area contributed by atoms with E-state index in [2.05, 4.69) is 15.5 Å². The van der Waals surface area contributed by atoms with Crippen molar-refractivity contribution in [1.29, 1.82) is 0 Å². The molecule has 7 heteroatoms. The maximum absolute atomic E-state index is 13.4. The molecule has 1 atom stereocenters. The topological polar surface area (TPSA) is 79.9 Å². The van der Waals surface area contributed by atoms with Gasteiger partial charge in [0, 0.05) is 30.0 Å². The van der Waals surface area contributed by atoms with Crippen molar-refractivity contribution in [3.63, 3.8) is 0 Å². The van der Waals surface area contributed by atoms with E-state index in [0.29, 0.717) is 28.3 Å². The number of benzene rings is 3. The van der Waals surface area contributed by atoms with Crippen LogP contribution < -0.4 is 25.0 Å². The summed E-state index contributed by atoms with van der Waals surface area (Å²) in [6, 6.07) is 20.3. The average Bonchev–Trinajstić information content (AvgIpc) is 3.56. The van der Waals surface area contributed by atoms with Gasteiger partial charge in [-0.05, 0) is 61.7 Å². The van der Waals surface area contributed by atoms with Crippen LogP contribution in [0.1, 0.15) is 52.1 Å². The minimum absolute atomic E-state index is 0.146. The highest BCUT2D eigenvalue weighted by Gasteiger charge is 2.22. The third-order valence-electron chi connectivity index (χ3n) is 6.23. The average molecular weight is 458 g/mol. The number of hydrogen-bond donors (Lipinski definition) is 2. The fourth-order valence-electron chi connectivity index (χ4n) is 4.37. The lowest BCUT2D eigenvalue weighted by atomic mass is 10.1. The van der Waals surface area contributed by atoms with Gasteiger partial charge in [0.15, 0.2) is 11.5 Å². The molecule has 7 nitrogen and oxygen atoms in total. The molecule has 0 aromatic heterocycles. The largest absolute Gasteiger partial charge is 0.454 e. The zero-order valence-electron chi connectivity index (χ0n) is 19.0. The Labute approximate surface area is 198 Å². The van der Waals surface area contributed by atoms with E-state index >= 15 is 0 Å². The third kappa shape index (κ3) is 4.55. The first-order valence-electron chi connectivity index (χ1n) is 11.5. The highest BCUT2D eigenvalue weighted by Crippen LogP contribution is 2.33. The molecule has 0 bridgehead atoms. The van der Waals surface area contributed by atoms with Crippen molar-refractivity contribution in [1.82, 2.24) is 5.32 Å². The van der Waals surface area contributed by atoms with Gasteiger partial charge in [0.2, 0.25) is 6.79 Å². The van der Waals surface area contributed by atoms with E-state index < -0.39 is 0 Å². The summed E-state index contributed by atoms with van der Waals surface area (Å²) >= 11 is 0. The van der Waals surface area contributed by atoms with E-state index in [1.165, 1.54) is 0 Å². The summed E-state index contributed by atoms with van der Waals surface area (Å²) in [5.74, 6) is 0.721. The Balaban J connectivity index is 1.39. The highest BCUT2D eigenvalue weighted by molar-refractivity contribution is 6.06. The molecular formula is C27H27N3O4. The van der Waals surface area contributed by atoms with Gasteiger partial charge in [-0.2, -0.15) is 0 Å². The summed E-state index contributed by atoms with van der Waals surface area (Å²) in [5, 5.41) is 6.02. The third-order valence-corrected chi connectivity index (χ3v) is 6.23. The van der Waals surface area contributed by atoms with Gasteiger partial charge in [-0.3, -0.25) is 9.59 Å². The fourth-order valence-corrected chi connectivity index (χ4v) is 4.37. The van der Waals surface area contributed by atoms with Gasteiger partial charge in [0.1, 0.15) is 0 Å². The molecule has 174 valence electrons. The van der Waals surface area contributed by atoms with Crippen molar-refractivity contribution in [2.24, 2.45) is 0 Å². The van der Waals surface area contributed by atoms with Gasteiger partial charge >= 0.3 is 0 Å². The summed E-state index contributed by atoms with van der Waals surface area (Å²) < 4.78 is 10.7. The van der Waals surface area contributed by atoms with Gasteiger partial charge in [0.05, 0.1) is 11.6 Å². The van der Waals surface area contributed by atoms with Crippen LogP contribution in [0, 0.1) is 0 Å². The number of anilines is 2. The monoisotopic (exact) mass is 457 g/mol. The van der Waals surface area contributed by atoms with Crippen molar-refractivity contribution in [3.8, 4) is 11.5 Å². The lowest BCUT2D eigenvalue weighted by molar-refractivity contribution is 0.0939. The second kappa shape index (κ2) is 9.47. The molecule has 1 fully saturated rings. The number of amides is 2. The van der Waals surface area contributed by atoms with Crippen LogP contribution in [-0.2, 0) is 0 Å². The molecule has 2 heterocycles. The molecule has 3 aromatic rings. The van der Waals surface area contributed by atoms with Crippen molar-refractivity contribution >= 4 is 23.2 Å². The van der Waals surface area contributed by atoms with Crippen LogP contribution in [0.25, 0.3) is 0 Å². The molecular weight excluding hydrogens is 430 g/mol. The normalized spacial score (nSPS) is 15.1. The van der Waals surface area contributed by atoms with Gasteiger partial charge in [-0.1, -0.05) is 30.3 Å². The molecule has 0 spiro atoms. The minimum Gasteiger partial charge on any atom is -0.454 e. The minimum atomic E-state index is -0.281. The number of fused-ring (bicyclic) bond motifs is 1. The molecule has 2 aliphatic rings. The molecule has 0 aliphatic carbocycles. The molecule has 2 N–H and O–H groups in total. The standard InChI is InChI=1S/C27H27N3O4/c1-18(19-7-3-2-4-8-19)28-27(32)22-16-21(10-11-23(22)30-13-5-6-14-30)29-26(31)20-9-12-24-25(15-20)34-17-33-24/h2-4,7-12,15-16,18H,5-6,13-14,17H2,1H3,(H,28,32)(H,29,31). The molecule has 2 aliphatic heterocycles. The predicted octanol–water partition coefficient (Wildman–Crippen LogP) is 4.76. The first-order chi connectivity index (χ1) is 16.6. The summed E-state index contributed by atoms with van der Waals surface area (Å²) in [4.78, 5) is 28.5. The quantitative estimate of drug-likeness (QED) is 0.558. The summed E-state index contributed by atoms with van der Waals surface area (Å²) in [5.41, 5.74) is 3.48. The number of nitrogens with zero attached hydrogens (tertiary/aromatic N) is 1. The molecule has 0 radical (unpaired) electrons. The Morgan fingerprint density at radius 2 is 1.65 bits per heavy atom. The maximum Gasteiger partial charge on any atom is 0.255 e. The Hall–Kier alpha value is -4.00. The molecule has 5 rings (SSSR count). The SMILES string of the molecule is CC(NC(=O)c1cc(NC(=O)c2ccc3c(c2)OCO3)ccc1N1CCCC1)c1ccccc1. The number of hydrogen-bond acceptors (Lipinski definition) is 5. The van der Waals surface area contributed by atoms with Crippen molar-refractivity contribution in [3.05, 3.63) is 83.4 Å². The highest BCUT2D eigenvalue weighted by atomic mass is 16.7. The summed E-state index contributed by atoms with van der Waals surface area (Å²) in [6.45, 7) is 3.95. The Morgan fingerprint density at radius 1 is 0.882 bits per heavy atom. The first-order valence-corrected chi connectivity index (χ1v) is 11.5. The Bertz CT molecular complexity index is 1210. The van der Waals surface area contributed by atoms with Crippen LogP contribution >= 0.6 is 0 Å². The van der Waals surface area contributed by atoms with Crippen LogP contribution in [0.15, 0.2) is 66.7 Å². The Morgan fingerprint density at radius 3 is 2.44 bits per heavy atom. The molecule has 3 aromatic carbocycles. The van der Waals surface area contributed by atoms with E-state index in [1.54, 1.807) is 24.3 Å². The van der Waals surface area contributed by atoms with Crippen molar-refractivity contribution in [2.75, 3.05) is 30.1 Å². The van der Waals surface area contributed by atoms with Gasteiger partial charge in [0.25, 0.3) is 11.8 Å². The number of carbonyl (C=O) groups excluding carboxylic acids is 2. The van der Waals surface area contributed by atoms with E-state index in [4.69, 9.17) is 9.47 Å². The lowest BCUT2D eigenvalue weighted by Gasteiger charge is -2.23. The fraction of sp³-hybridized carbons (Fsp3) is 0.259. The summed E-state index contributed by atoms with van der Waals surface area (Å²) in [7, 11) is 0. The van der Waals surface area contributed by atoms with Gasteiger partial charge in [-0.25, -0.2) is 0 Å². The van der Waals surface area contributed by atoms with Crippen molar-refractivity contribution < 1.29 is 19.1 Å². The zero-order valence-corrected chi connectivity index (χ0v) is 19.0. The van der Waals surface area contributed by atoms with Crippen LogP contribution in [0.3, 0.4) is 0 Å². The second-order valence-electron chi connectivity index (χ2n) is 8.55. The molecule has 0 saturated carbocycles. The van der Waals surface area contributed by atoms with Crippen LogP contribution in [0.4, 0.5) is 11.4 Å². The molecule has 1 saturated heterocycles. The van der Waals surface area contributed by atoms with Gasteiger partial charge < -0.3 is 25.0 Å². The zero-order chi connectivity index (χ0) is 23.5. The van der Waals surface area contributed by atoms with E-state index in [0.717, 1.165) is 37.2 Å².